The number of pyridine rings is 1. The molecule has 0 radical (unpaired) electrons. The van der Waals surface area contributed by atoms with Gasteiger partial charge in [0.05, 0.1) is 5.69 Å². The maximum atomic E-state index is 6.09. The van der Waals surface area contributed by atoms with Crippen LogP contribution in [0.25, 0.3) is 44.3 Å². The molecular formula is C23H15NO. The van der Waals surface area contributed by atoms with E-state index in [0.717, 1.165) is 33.2 Å². The molecule has 3 aromatic carbocycles. The van der Waals surface area contributed by atoms with Gasteiger partial charge in [-0.25, -0.2) is 0 Å². The van der Waals surface area contributed by atoms with Gasteiger partial charge >= 0.3 is 0 Å². The van der Waals surface area contributed by atoms with Crippen LogP contribution in [0, 0.1) is 0 Å². The standard InChI is InChI=1S/C23H15NO/c1-2-8-16(9-3-1)22-17(19-11-6-7-15-24-19)13-14-21-23(22)18-10-4-5-12-20(18)25-21/h1-15H. The molecule has 2 nitrogen and oxygen atoms in total. The van der Waals surface area contributed by atoms with Crippen molar-refractivity contribution >= 4 is 21.9 Å². The van der Waals surface area contributed by atoms with E-state index in [1.165, 1.54) is 11.1 Å². The highest BCUT2D eigenvalue weighted by atomic mass is 16.3. The monoisotopic (exact) mass is 321 g/mol. The van der Waals surface area contributed by atoms with Crippen LogP contribution in [-0.2, 0) is 0 Å². The summed E-state index contributed by atoms with van der Waals surface area (Å²) < 4.78 is 6.09. The Kier molecular flexibility index (Phi) is 3.14. The number of rotatable bonds is 2. The maximum absolute atomic E-state index is 6.09. The summed E-state index contributed by atoms with van der Waals surface area (Å²) in [5.41, 5.74) is 6.23. The van der Waals surface area contributed by atoms with E-state index in [-0.39, 0.29) is 0 Å². The summed E-state index contributed by atoms with van der Waals surface area (Å²) in [6, 6.07) is 28.8. The van der Waals surface area contributed by atoms with Crippen molar-refractivity contribution < 1.29 is 4.42 Å². The number of aromatic nitrogens is 1. The zero-order valence-electron chi connectivity index (χ0n) is 13.5. The molecule has 0 saturated carbocycles. The van der Waals surface area contributed by atoms with Crippen molar-refractivity contribution in [2.24, 2.45) is 0 Å². The average molecular weight is 321 g/mol. The second kappa shape index (κ2) is 5.60. The lowest BCUT2D eigenvalue weighted by Crippen LogP contribution is -1.88. The Morgan fingerprint density at radius 3 is 2.28 bits per heavy atom. The first kappa shape index (κ1) is 14.0. The van der Waals surface area contributed by atoms with E-state index in [9.17, 15) is 0 Å². The quantitative estimate of drug-likeness (QED) is 0.380. The van der Waals surface area contributed by atoms with E-state index in [1.807, 2.05) is 42.6 Å². The first-order valence-electron chi connectivity index (χ1n) is 8.33. The second-order valence-corrected chi connectivity index (χ2v) is 6.04. The molecule has 5 aromatic rings. The van der Waals surface area contributed by atoms with Gasteiger partial charge in [-0.15, -0.1) is 0 Å². The summed E-state index contributed by atoms with van der Waals surface area (Å²) in [6.45, 7) is 0. The molecule has 0 N–H and O–H groups in total. The van der Waals surface area contributed by atoms with Crippen molar-refractivity contribution in [3.05, 3.63) is 91.1 Å². The van der Waals surface area contributed by atoms with E-state index in [2.05, 4.69) is 53.5 Å². The Bertz CT molecular complexity index is 1170. The molecule has 0 bridgehead atoms. The molecule has 5 rings (SSSR count). The molecule has 25 heavy (non-hydrogen) atoms. The Morgan fingerprint density at radius 1 is 0.640 bits per heavy atom. The molecule has 0 aliphatic heterocycles. The average Bonchev–Trinajstić information content (AvgIpc) is 3.07. The minimum absolute atomic E-state index is 0.903. The molecule has 2 heterocycles. The van der Waals surface area contributed by atoms with Gasteiger partial charge < -0.3 is 4.42 Å². The molecule has 118 valence electrons. The lowest BCUT2D eigenvalue weighted by Gasteiger charge is -2.11. The number of para-hydroxylation sites is 1. The van der Waals surface area contributed by atoms with Crippen molar-refractivity contribution in [1.82, 2.24) is 4.98 Å². The lowest BCUT2D eigenvalue weighted by atomic mass is 9.92. The Morgan fingerprint density at radius 2 is 1.44 bits per heavy atom. The van der Waals surface area contributed by atoms with E-state index in [0.29, 0.717) is 0 Å². The fourth-order valence-electron chi connectivity index (χ4n) is 3.46. The summed E-state index contributed by atoms with van der Waals surface area (Å²) >= 11 is 0. The zero-order chi connectivity index (χ0) is 16.6. The zero-order valence-corrected chi connectivity index (χ0v) is 13.5. The van der Waals surface area contributed by atoms with Gasteiger partial charge in [-0.05, 0) is 35.9 Å². The van der Waals surface area contributed by atoms with Crippen molar-refractivity contribution in [2.45, 2.75) is 0 Å². The van der Waals surface area contributed by atoms with Gasteiger partial charge in [-0.2, -0.15) is 0 Å². The minimum atomic E-state index is 0.903. The van der Waals surface area contributed by atoms with Gasteiger partial charge in [-0.1, -0.05) is 54.6 Å². The van der Waals surface area contributed by atoms with Crippen LogP contribution in [0.2, 0.25) is 0 Å². The SMILES string of the molecule is c1ccc(-c2c(-c3ccccn3)ccc3oc4ccccc4c23)cc1. The van der Waals surface area contributed by atoms with Gasteiger partial charge in [0, 0.05) is 28.1 Å². The fourth-order valence-corrected chi connectivity index (χ4v) is 3.46. The largest absolute Gasteiger partial charge is 0.456 e. The Labute approximate surface area is 145 Å². The van der Waals surface area contributed by atoms with Crippen molar-refractivity contribution in [2.75, 3.05) is 0 Å². The second-order valence-electron chi connectivity index (χ2n) is 6.04. The minimum Gasteiger partial charge on any atom is -0.456 e. The van der Waals surface area contributed by atoms with Crippen molar-refractivity contribution in [3.63, 3.8) is 0 Å². The molecule has 0 atom stereocenters. The number of furan rings is 1. The van der Waals surface area contributed by atoms with Crippen LogP contribution in [0.3, 0.4) is 0 Å². The molecular weight excluding hydrogens is 306 g/mol. The van der Waals surface area contributed by atoms with Crippen LogP contribution < -0.4 is 0 Å². The van der Waals surface area contributed by atoms with Crippen LogP contribution in [0.15, 0.2) is 95.5 Å². The van der Waals surface area contributed by atoms with Gasteiger partial charge in [-0.3, -0.25) is 4.98 Å². The van der Waals surface area contributed by atoms with E-state index in [4.69, 9.17) is 4.42 Å². The van der Waals surface area contributed by atoms with E-state index < -0.39 is 0 Å². The topological polar surface area (TPSA) is 26.0 Å². The lowest BCUT2D eigenvalue weighted by molar-refractivity contribution is 0.669. The Balaban J connectivity index is 1.97. The molecule has 0 unspecified atom stereocenters. The third-order valence-electron chi connectivity index (χ3n) is 4.55. The first-order chi connectivity index (χ1) is 12.4. The maximum Gasteiger partial charge on any atom is 0.136 e. The van der Waals surface area contributed by atoms with Gasteiger partial charge in [0.25, 0.3) is 0 Å². The molecule has 2 aromatic heterocycles. The van der Waals surface area contributed by atoms with Gasteiger partial charge in [0.1, 0.15) is 11.2 Å². The number of nitrogens with zero attached hydrogens (tertiary/aromatic N) is 1. The van der Waals surface area contributed by atoms with Crippen LogP contribution in [0.5, 0.6) is 0 Å². The van der Waals surface area contributed by atoms with Gasteiger partial charge in [0.15, 0.2) is 0 Å². The number of benzene rings is 3. The summed E-state index contributed by atoms with van der Waals surface area (Å²) in [5, 5.41) is 2.28. The van der Waals surface area contributed by atoms with Crippen LogP contribution in [0.4, 0.5) is 0 Å². The third-order valence-corrected chi connectivity index (χ3v) is 4.55. The van der Waals surface area contributed by atoms with Crippen LogP contribution in [-0.4, -0.2) is 4.98 Å². The van der Waals surface area contributed by atoms with Gasteiger partial charge in [0.2, 0.25) is 0 Å². The summed E-state index contributed by atoms with van der Waals surface area (Å²) in [7, 11) is 0. The molecule has 0 spiro atoms. The Hall–Kier alpha value is -3.39. The van der Waals surface area contributed by atoms with Crippen LogP contribution in [0.1, 0.15) is 0 Å². The first-order valence-corrected chi connectivity index (χ1v) is 8.33. The number of hydrogen-bond donors (Lipinski definition) is 0. The van der Waals surface area contributed by atoms with E-state index >= 15 is 0 Å². The predicted molar refractivity (Wildman–Crippen MR) is 102 cm³/mol. The summed E-state index contributed by atoms with van der Waals surface area (Å²) in [6.07, 6.45) is 1.84. The molecule has 0 amide bonds. The van der Waals surface area contributed by atoms with E-state index in [1.54, 1.807) is 0 Å². The fraction of sp³-hybridized carbons (Fsp3) is 0. The highest BCUT2D eigenvalue weighted by Crippen LogP contribution is 2.41. The highest BCUT2D eigenvalue weighted by molar-refractivity contribution is 6.15. The molecule has 0 fully saturated rings. The predicted octanol–water partition coefficient (Wildman–Crippen LogP) is 6.32. The number of hydrogen-bond acceptors (Lipinski definition) is 2. The molecule has 0 saturated heterocycles. The normalized spacial score (nSPS) is 11.2. The smallest absolute Gasteiger partial charge is 0.136 e. The molecule has 2 heteroatoms. The van der Waals surface area contributed by atoms with Crippen LogP contribution >= 0.6 is 0 Å². The molecule has 0 aliphatic carbocycles. The number of fused-ring (bicyclic) bond motifs is 3. The summed E-state index contributed by atoms with van der Waals surface area (Å²) in [5.74, 6) is 0. The van der Waals surface area contributed by atoms with Crippen molar-refractivity contribution in [1.29, 1.82) is 0 Å². The highest BCUT2D eigenvalue weighted by Gasteiger charge is 2.17. The van der Waals surface area contributed by atoms with Crippen molar-refractivity contribution in [3.8, 4) is 22.4 Å². The summed E-state index contributed by atoms with van der Waals surface area (Å²) in [4.78, 5) is 4.58. The third kappa shape index (κ3) is 2.23. The molecule has 0 aliphatic rings.